The number of hydrogen-bond acceptors (Lipinski definition) is 9. The molecule has 13 heteroatoms. The summed E-state index contributed by atoms with van der Waals surface area (Å²) in [4.78, 5) is 55.2. The van der Waals surface area contributed by atoms with Crippen LogP contribution in [0.1, 0.15) is 162 Å². The van der Waals surface area contributed by atoms with Gasteiger partial charge in [-0.3, -0.25) is 23.9 Å². The minimum atomic E-state index is -0.520. The summed E-state index contributed by atoms with van der Waals surface area (Å²) in [5.74, 6) is 4.49. The molecule has 8 unspecified atom stereocenters. The third kappa shape index (κ3) is 13.1. The Labute approximate surface area is 427 Å². The van der Waals surface area contributed by atoms with Crippen molar-refractivity contribution in [3.05, 3.63) is 46.4 Å². The van der Waals surface area contributed by atoms with E-state index in [4.69, 9.17) is 14.7 Å². The third-order valence-corrected chi connectivity index (χ3v) is 21.0. The zero-order valence-corrected chi connectivity index (χ0v) is 45.5. The van der Waals surface area contributed by atoms with Crippen LogP contribution in [0.25, 0.3) is 11.0 Å². The van der Waals surface area contributed by atoms with Gasteiger partial charge in [-0.1, -0.05) is 72.1 Å². The fourth-order valence-electron chi connectivity index (χ4n) is 14.8. The summed E-state index contributed by atoms with van der Waals surface area (Å²) >= 11 is 0. The van der Waals surface area contributed by atoms with Crippen LogP contribution in [0.2, 0.25) is 0 Å². The standard InChI is InChI=1S/C58H89N8O4P/c1-41-27-44-33-57(5,39-58(31-41,34-44)63-54(69)46-17-18-46)66-52(68)29-43(3)48-36-60-55(62-53(48)66)61-49-20-19-47(30-50(49)70-6)65-25-23-64(24-26-65)22-16-14-12-10-8-7-9-11-13-15-21-59-51(67)35-56(4)32-45-28-42(2)37-71(38-45)40-56/h19-20,29-30,36,41-42,44-46H,7-18,21-28,31-35,37-40H2,1-6H3,(H,59,67)(H,63,69)(H,60,61,62). The van der Waals surface area contributed by atoms with Gasteiger partial charge in [0, 0.05) is 85.5 Å². The molecule has 4 bridgehead atoms. The van der Waals surface area contributed by atoms with Crippen molar-refractivity contribution in [3.8, 4) is 5.75 Å². The summed E-state index contributed by atoms with van der Waals surface area (Å²) in [5, 5.41) is 11.1. The van der Waals surface area contributed by atoms with E-state index in [-0.39, 0.29) is 36.3 Å². The van der Waals surface area contributed by atoms with Crippen molar-refractivity contribution in [2.24, 2.45) is 35.0 Å². The van der Waals surface area contributed by atoms with Gasteiger partial charge in [0.25, 0.3) is 5.56 Å². The van der Waals surface area contributed by atoms with Crippen molar-refractivity contribution in [3.63, 3.8) is 0 Å². The lowest BCUT2D eigenvalue weighted by Gasteiger charge is -2.55. The Bertz CT molecular complexity index is 2360. The molecule has 2 amide bonds. The number of aryl methyl sites for hydroxylation is 1. The highest BCUT2D eigenvalue weighted by Gasteiger charge is 2.53. The van der Waals surface area contributed by atoms with Gasteiger partial charge in [-0.2, -0.15) is 4.98 Å². The van der Waals surface area contributed by atoms with Gasteiger partial charge in [-0.15, -0.1) is 7.92 Å². The highest BCUT2D eigenvalue weighted by Crippen LogP contribution is 2.58. The number of benzene rings is 1. The molecule has 71 heavy (non-hydrogen) atoms. The van der Waals surface area contributed by atoms with E-state index < -0.39 is 5.54 Å². The zero-order chi connectivity index (χ0) is 49.8. The lowest BCUT2D eigenvalue weighted by atomic mass is 9.58. The van der Waals surface area contributed by atoms with Crippen LogP contribution < -0.4 is 31.1 Å². The van der Waals surface area contributed by atoms with Crippen molar-refractivity contribution in [1.82, 2.24) is 30.1 Å². The number of amides is 2. The molecule has 3 saturated heterocycles. The third-order valence-electron chi connectivity index (χ3n) is 17.6. The molecule has 390 valence electrons. The van der Waals surface area contributed by atoms with Crippen LogP contribution in [0.4, 0.5) is 17.3 Å². The number of methoxy groups -OCH3 is 1. The summed E-state index contributed by atoms with van der Waals surface area (Å²) in [6.45, 7) is 17.4. The number of fused-ring (bicyclic) bond motifs is 5. The predicted molar refractivity (Wildman–Crippen MR) is 292 cm³/mol. The lowest BCUT2D eigenvalue weighted by Crippen LogP contribution is -2.62. The van der Waals surface area contributed by atoms with E-state index in [1.807, 2.05) is 17.7 Å². The van der Waals surface area contributed by atoms with Gasteiger partial charge in [0.05, 0.1) is 12.8 Å². The van der Waals surface area contributed by atoms with Gasteiger partial charge >= 0.3 is 0 Å². The second kappa shape index (κ2) is 22.8. The Morgan fingerprint density at radius 3 is 2.28 bits per heavy atom. The molecule has 5 heterocycles. The summed E-state index contributed by atoms with van der Waals surface area (Å²) < 4.78 is 7.89. The van der Waals surface area contributed by atoms with E-state index in [2.05, 4.69) is 71.6 Å². The van der Waals surface area contributed by atoms with E-state index >= 15 is 0 Å². The molecule has 9 rings (SSSR count). The molecule has 3 aliphatic carbocycles. The van der Waals surface area contributed by atoms with Crippen LogP contribution in [-0.2, 0) is 15.1 Å². The first-order valence-corrected chi connectivity index (χ1v) is 30.2. The first kappa shape index (κ1) is 52.1. The molecule has 3 aliphatic heterocycles. The van der Waals surface area contributed by atoms with Gasteiger partial charge in [-0.05, 0) is 156 Å². The summed E-state index contributed by atoms with van der Waals surface area (Å²) in [7, 11) is 1.87. The number of hydrogen-bond donors (Lipinski definition) is 3. The molecule has 8 atom stereocenters. The number of carbonyl (C=O) groups is 2. The molecular weight excluding hydrogens is 904 g/mol. The van der Waals surface area contributed by atoms with Crippen LogP contribution in [0, 0.1) is 41.9 Å². The molecule has 6 aliphatic rings. The Kier molecular flexibility index (Phi) is 16.7. The Hall–Kier alpha value is -3.76. The number of anilines is 3. The molecule has 3 N–H and O–H groups in total. The van der Waals surface area contributed by atoms with Gasteiger partial charge in [0.15, 0.2) is 0 Å². The van der Waals surface area contributed by atoms with Crippen LogP contribution >= 0.6 is 7.92 Å². The van der Waals surface area contributed by atoms with E-state index in [0.29, 0.717) is 35.8 Å². The number of nitrogens with one attached hydrogen (secondary N) is 3. The fraction of sp³-hybridized carbons (Fsp3) is 0.741. The number of nitrogens with zero attached hydrogens (tertiary/aromatic N) is 5. The van der Waals surface area contributed by atoms with Crippen molar-refractivity contribution in [2.75, 3.05) is 75.1 Å². The van der Waals surface area contributed by atoms with E-state index in [1.165, 1.54) is 95.7 Å². The van der Waals surface area contributed by atoms with Crippen molar-refractivity contribution in [2.45, 2.75) is 174 Å². The first-order chi connectivity index (χ1) is 34.2. The molecule has 3 saturated carbocycles. The quantitative estimate of drug-likeness (QED) is 0.0664. The molecular formula is C58H89N8O4P. The lowest BCUT2D eigenvalue weighted by molar-refractivity contribution is -0.127. The van der Waals surface area contributed by atoms with Crippen LogP contribution in [0.5, 0.6) is 5.75 Å². The Balaban J connectivity index is 0.680. The number of unbranched alkanes of at least 4 members (excludes halogenated alkanes) is 9. The molecule has 0 spiro atoms. The first-order valence-electron chi connectivity index (χ1n) is 28.3. The second-order valence-corrected chi connectivity index (χ2v) is 27.2. The van der Waals surface area contributed by atoms with E-state index in [0.717, 1.165) is 124 Å². The molecule has 6 fully saturated rings. The van der Waals surface area contributed by atoms with Crippen LogP contribution in [0.3, 0.4) is 0 Å². The van der Waals surface area contributed by atoms with Gasteiger partial charge in [0.2, 0.25) is 17.8 Å². The van der Waals surface area contributed by atoms with Crippen molar-refractivity contribution >= 4 is 48.1 Å². The minimum Gasteiger partial charge on any atom is -0.494 e. The maximum Gasteiger partial charge on any atom is 0.252 e. The smallest absolute Gasteiger partial charge is 0.252 e. The minimum absolute atomic E-state index is 0.0562. The SMILES string of the molecule is COc1cc(N2CCN(CCCCCCCCCCCCNC(=O)CC3(C)CC4CC(C)CP(C4)C3)CC2)ccc1Nc1ncc2c(C)cc(=O)n(C3(C)CC4CC(C)CC(NC(=O)C5CC5)(C4)C3)c2n1. The average Bonchev–Trinajstić information content (AvgIpc) is 4.16. The van der Waals surface area contributed by atoms with Crippen molar-refractivity contribution < 1.29 is 14.3 Å². The molecule has 1 aromatic carbocycles. The average molecular weight is 993 g/mol. The highest BCUT2D eigenvalue weighted by molar-refractivity contribution is 7.57. The maximum absolute atomic E-state index is 14.1. The largest absolute Gasteiger partial charge is 0.494 e. The number of rotatable bonds is 22. The topological polar surface area (TPSA) is 134 Å². The predicted octanol–water partition coefficient (Wildman–Crippen LogP) is 11.1. The second-order valence-electron chi connectivity index (χ2n) is 24.8. The molecule has 12 nitrogen and oxygen atoms in total. The normalized spacial score (nSPS) is 29.7. The van der Waals surface area contributed by atoms with E-state index in [9.17, 15) is 14.4 Å². The summed E-state index contributed by atoms with van der Waals surface area (Å²) in [6.07, 6.45) is 28.9. The summed E-state index contributed by atoms with van der Waals surface area (Å²) in [5.41, 5.74) is 2.76. The highest BCUT2D eigenvalue weighted by atomic mass is 31.1. The van der Waals surface area contributed by atoms with Crippen molar-refractivity contribution in [1.29, 1.82) is 0 Å². The van der Waals surface area contributed by atoms with Gasteiger partial charge in [-0.25, -0.2) is 4.98 Å². The maximum atomic E-state index is 14.1. The Morgan fingerprint density at radius 1 is 0.845 bits per heavy atom. The number of carbonyl (C=O) groups excluding carboxylic acids is 2. The Morgan fingerprint density at radius 2 is 1.56 bits per heavy atom. The number of piperazine rings is 1. The zero-order valence-electron chi connectivity index (χ0n) is 44.6. The van der Waals surface area contributed by atoms with Gasteiger partial charge < -0.3 is 25.6 Å². The van der Waals surface area contributed by atoms with Gasteiger partial charge in [0.1, 0.15) is 11.4 Å². The number of ether oxygens (including phenoxy) is 1. The van der Waals surface area contributed by atoms with E-state index in [1.54, 1.807) is 13.2 Å². The molecule has 2 aromatic heterocycles. The monoisotopic (exact) mass is 993 g/mol. The van der Waals surface area contributed by atoms with Crippen LogP contribution in [-0.4, -0.2) is 102 Å². The number of pyridine rings is 1. The number of aromatic nitrogens is 3. The summed E-state index contributed by atoms with van der Waals surface area (Å²) in [6, 6.07) is 8.05. The molecule has 0 radical (unpaired) electrons. The fourth-order valence-corrected chi connectivity index (χ4v) is 18.6. The van der Waals surface area contributed by atoms with Crippen LogP contribution in [0.15, 0.2) is 35.3 Å². The molecule has 3 aromatic rings.